The van der Waals surface area contributed by atoms with Crippen LogP contribution in [-0.4, -0.2) is 27.4 Å². The molecule has 2 aromatic heterocycles. The van der Waals surface area contributed by atoms with E-state index in [2.05, 4.69) is 23.1 Å². The van der Waals surface area contributed by atoms with Crippen molar-refractivity contribution in [1.82, 2.24) is 14.3 Å². The Labute approximate surface area is 119 Å². The molecule has 0 radical (unpaired) electrons. The third-order valence-corrected chi connectivity index (χ3v) is 4.30. The molecule has 1 saturated carbocycles. The van der Waals surface area contributed by atoms with Crippen LogP contribution in [0.2, 0.25) is 5.02 Å². The number of aromatic nitrogens is 2. The van der Waals surface area contributed by atoms with E-state index in [1.807, 2.05) is 22.7 Å². The third-order valence-electron chi connectivity index (χ3n) is 4.07. The lowest BCUT2D eigenvalue weighted by Gasteiger charge is -2.30. The number of fused-ring (bicyclic) bond motifs is 1. The summed E-state index contributed by atoms with van der Waals surface area (Å²) < 4.78 is 2.01. The number of nitrogens with zero attached hydrogens (tertiary/aromatic N) is 3. The molecule has 0 bridgehead atoms. The zero-order valence-corrected chi connectivity index (χ0v) is 12.1. The SMILES string of the molecule is CN(Cc1cn2cc(Cl)ccc2n1)C1CCCCC1. The summed E-state index contributed by atoms with van der Waals surface area (Å²) in [7, 11) is 2.22. The molecule has 0 amide bonds. The highest BCUT2D eigenvalue weighted by molar-refractivity contribution is 6.30. The maximum atomic E-state index is 6.00. The molecule has 0 unspecified atom stereocenters. The van der Waals surface area contributed by atoms with E-state index in [4.69, 9.17) is 11.6 Å². The van der Waals surface area contributed by atoms with E-state index < -0.39 is 0 Å². The van der Waals surface area contributed by atoms with Gasteiger partial charge in [-0.3, -0.25) is 4.90 Å². The first-order valence-corrected chi connectivity index (χ1v) is 7.43. The lowest BCUT2D eigenvalue weighted by Crippen LogP contribution is -2.32. The third kappa shape index (κ3) is 2.93. The highest BCUT2D eigenvalue weighted by Crippen LogP contribution is 2.23. The fraction of sp³-hybridized carbons (Fsp3) is 0.533. The van der Waals surface area contributed by atoms with E-state index in [1.165, 1.54) is 32.1 Å². The first kappa shape index (κ1) is 12.9. The van der Waals surface area contributed by atoms with Gasteiger partial charge in [0.25, 0.3) is 0 Å². The van der Waals surface area contributed by atoms with Crippen LogP contribution in [0, 0.1) is 0 Å². The van der Waals surface area contributed by atoms with Gasteiger partial charge in [-0.25, -0.2) is 4.98 Å². The minimum absolute atomic E-state index is 0.724. The number of imidazole rings is 1. The van der Waals surface area contributed by atoms with Crippen molar-refractivity contribution in [3.63, 3.8) is 0 Å². The molecule has 0 atom stereocenters. The van der Waals surface area contributed by atoms with Crippen molar-refractivity contribution in [2.45, 2.75) is 44.7 Å². The smallest absolute Gasteiger partial charge is 0.137 e. The largest absolute Gasteiger partial charge is 0.305 e. The predicted octanol–water partition coefficient (Wildman–Crippen LogP) is 3.75. The van der Waals surface area contributed by atoms with Crippen LogP contribution in [0.5, 0.6) is 0 Å². The van der Waals surface area contributed by atoms with E-state index in [9.17, 15) is 0 Å². The molecule has 102 valence electrons. The molecule has 2 heterocycles. The van der Waals surface area contributed by atoms with Crippen molar-refractivity contribution < 1.29 is 0 Å². The minimum atomic E-state index is 0.724. The summed E-state index contributed by atoms with van der Waals surface area (Å²) in [6.07, 6.45) is 10.8. The molecule has 0 spiro atoms. The number of hydrogen-bond acceptors (Lipinski definition) is 2. The van der Waals surface area contributed by atoms with Gasteiger partial charge in [-0.05, 0) is 32.0 Å². The van der Waals surface area contributed by atoms with Crippen LogP contribution < -0.4 is 0 Å². The Hall–Kier alpha value is -1.06. The zero-order chi connectivity index (χ0) is 13.2. The Morgan fingerprint density at radius 1 is 1.26 bits per heavy atom. The fourth-order valence-corrected chi connectivity index (χ4v) is 3.17. The van der Waals surface area contributed by atoms with Crippen LogP contribution in [-0.2, 0) is 6.54 Å². The summed E-state index contributed by atoms with van der Waals surface area (Å²) in [6, 6.07) is 4.58. The average molecular weight is 278 g/mol. The zero-order valence-electron chi connectivity index (χ0n) is 11.3. The van der Waals surface area contributed by atoms with Gasteiger partial charge in [0.15, 0.2) is 0 Å². The summed E-state index contributed by atoms with van der Waals surface area (Å²) in [4.78, 5) is 7.10. The van der Waals surface area contributed by atoms with Gasteiger partial charge in [0.2, 0.25) is 0 Å². The lowest BCUT2D eigenvalue weighted by atomic mass is 9.94. The molecule has 0 saturated heterocycles. The van der Waals surface area contributed by atoms with Gasteiger partial charge in [0.1, 0.15) is 5.65 Å². The number of hydrogen-bond donors (Lipinski definition) is 0. The molecular formula is C15H20ClN3. The second-order valence-corrected chi connectivity index (χ2v) is 5.99. The number of rotatable bonds is 3. The van der Waals surface area contributed by atoms with E-state index in [-0.39, 0.29) is 0 Å². The summed E-state index contributed by atoms with van der Waals surface area (Å²) in [5.74, 6) is 0. The van der Waals surface area contributed by atoms with Crippen molar-refractivity contribution in [2.24, 2.45) is 0 Å². The predicted molar refractivity (Wildman–Crippen MR) is 78.5 cm³/mol. The van der Waals surface area contributed by atoms with Crippen LogP contribution in [0.4, 0.5) is 0 Å². The molecule has 3 rings (SSSR count). The molecule has 2 aromatic rings. The van der Waals surface area contributed by atoms with Gasteiger partial charge in [-0.2, -0.15) is 0 Å². The molecule has 1 fully saturated rings. The molecular weight excluding hydrogens is 258 g/mol. The van der Waals surface area contributed by atoms with E-state index in [0.717, 1.165) is 29.0 Å². The fourth-order valence-electron chi connectivity index (χ4n) is 3.00. The van der Waals surface area contributed by atoms with Gasteiger partial charge in [-0.15, -0.1) is 0 Å². The van der Waals surface area contributed by atoms with Crippen molar-refractivity contribution >= 4 is 17.2 Å². The van der Waals surface area contributed by atoms with Crippen LogP contribution in [0.25, 0.3) is 5.65 Å². The molecule has 3 nitrogen and oxygen atoms in total. The van der Waals surface area contributed by atoms with Crippen molar-refractivity contribution in [3.8, 4) is 0 Å². The van der Waals surface area contributed by atoms with Crippen molar-refractivity contribution in [2.75, 3.05) is 7.05 Å². The standard InChI is InChI=1S/C15H20ClN3/c1-18(14-5-3-2-4-6-14)10-13-11-19-9-12(16)7-8-15(19)17-13/h7-9,11,14H,2-6,10H2,1H3. The minimum Gasteiger partial charge on any atom is -0.305 e. The molecule has 1 aliphatic carbocycles. The first-order chi connectivity index (χ1) is 9.22. The average Bonchev–Trinajstić information content (AvgIpc) is 2.81. The Morgan fingerprint density at radius 3 is 2.84 bits per heavy atom. The maximum Gasteiger partial charge on any atom is 0.137 e. The monoisotopic (exact) mass is 277 g/mol. The first-order valence-electron chi connectivity index (χ1n) is 7.06. The van der Waals surface area contributed by atoms with Crippen LogP contribution >= 0.6 is 11.6 Å². The van der Waals surface area contributed by atoms with Gasteiger partial charge in [0, 0.05) is 25.0 Å². The van der Waals surface area contributed by atoms with Crippen molar-refractivity contribution in [1.29, 1.82) is 0 Å². The number of pyridine rings is 1. The lowest BCUT2D eigenvalue weighted by molar-refractivity contribution is 0.183. The number of halogens is 1. The molecule has 1 aliphatic rings. The molecule has 4 heteroatoms. The molecule has 0 aromatic carbocycles. The second kappa shape index (κ2) is 5.51. The molecule has 0 N–H and O–H groups in total. The summed E-state index contributed by atoms with van der Waals surface area (Å²) in [5, 5.41) is 0.747. The Bertz CT molecular complexity index is 558. The quantitative estimate of drug-likeness (QED) is 0.852. The second-order valence-electron chi connectivity index (χ2n) is 5.55. The Balaban J connectivity index is 1.73. The highest BCUT2D eigenvalue weighted by atomic mass is 35.5. The summed E-state index contributed by atoms with van der Waals surface area (Å²) in [6.45, 7) is 0.921. The van der Waals surface area contributed by atoms with E-state index in [1.54, 1.807) is 0 Å². The van der Waals surface area contributed by atoms with Crippen LogP contribution in [0.15, 0.2) is 24.5 Å². The Kier molecular flexibility index (Phi) is 3.76. The van der Waals surface area contributed by atoms with Gasteiger partial charge in [-0.1, -0.05) is 30.9 Å². The Morgan fingerprint density at radius 2 is 2.05 bits per heavy atom. The van der Waals surface area contributed by atoms with Gasteiger partial charge in [0.05, 0.1) is 10.7 Å². The molecule has 19 heavy (non-hydrogen) atoms. The van der Waals surface area contributed by atoms with Gasteiger partial charge < -0.3 is 4.40 Å². The summed E-state index contributed by atoms with van der Waals surface area (Å²) in [5.41, 5.74) is 2.09. The topological polar surface area (TPSA) is 20.5 Å². The van der Waals surface area contributed by atoms with E-state index >= 15 is 0 Å². The van der Waals surface area contributed by atoms with Crippen LogP contribution in [0.1, 0.15) is 37.8 Å². The molecule has 0 aliphatic heterocycles. The van der Waals surface area contributed by atoms with Crippen molar-refractivity contribution in [3.05, 3.63) is 35.2 Å². The highest BCUT2D eigenvalue weighted by Gasteiger charge is 2.18. The van der Waals surface area contributed by atoms with Crippen LogP contribution in [0.3, 0.4) is 0 Å². The summed E-state index contributed by atoms with van der Waals surface area (Å²) >= 11 is 6.00. The normalized spacial score (nSPS) is 17.4. The van der Waals surface area contributed by atoms with Gasteiger partial charge >= 0.3 is 0 Å². The maximum absolute atomic E-state index is 6.00. The van der Waals surface area contributed by atoms with E-state index in [0.29, 0.717) is 0 Å².